The molecule has 0 spiro atoms. The van der Waals surface area contributed by atoms with E-state index in [0.717, 1.165) is 88.0 Å². The number of benzene rings is 8. The largest absolute Gasteiger partial charge is 0.492 e. The summed E-state index contributed by atoms with van der Waals surface area (Å²) in [6.45, 7) is 8.66. The summed E-state index contributed by atoms with van der Waals surface area (Å²) in [5, 5.41) is 42.8. The molecule has 2 N–H and O–H groups in total. The fourth-order valence-electron chi connectivity index (χ4n) is 14.6. The van der Waals surface area contributed by atoms with Gasteiger partial charge in [-0.25, -0.2) is 78.5 Å². The molecule has 0 aliphatic rings. The molecule has 0 fully saturated rings. The fourth-order valence-corrected chi connectivity index (χ4v) is 17.9. The first-order valence-corrected chi connectivity index (χ1v) is 54.3. The molecule has 8 aromatic heterocycles. The predicted octanol–water partition coefficient (Wildman–Crippen LogP) is 19.6. The Bertz CT molecular complexity index is 8250. The van der Waals surface area contributed by atoms with Gasteiger partial charge in [0.15, 0.2) is 62.4 Å². The maximum Gasteiger partial charge on any atom is 0.420 e. The van der Waals surface area contributed by atoms with Crippen LogP contribution in [0.25, 0.3) is 66.4 Å². The van der Waals surface area contributed by atoms with Crippen LogP contribution >= 0.6 is 58.0 Å². The zero-order valence-corrected chi connectivity index (χ0v) is 86.2. The van der Waals surface area contributed by atoms with Crippen LogP contribution in [-0.4, -0.2) is 153 Å². The zero-order chi connectivity index (χ0) is 105. The lowest BCUT2D eigenvalue weighted by molar-refractivity contribution is -0.139. The van der Waals surface area contributed by atoms with Crippen molar-refractivity contribution in [2.24, 2.45) is 0 Å². The van der Waals surface area contributed by atoms with E-state index < -0.39 is 61.2 Å². The summed E-state index contributed by atoms with van der Waals surface area (Å²) in [7, 11) is -13.1. The first-order chi connectivity index (χ1) is 69.3. The number of alkyl halides is 5. The van der Waals surface area contributed by atoms with E-state index in [1.165, 1.54) is 24.8 Å². The lowest BCUT2D eigenvalue weighted by atomic mass is 10.1. The van der Waals surface area contributed by atoms with Crippen molar-refractivity contribution in [1.82, 2.24) is 63.1 Å². The van der Waals surface area contributed by atoms with Gasteiger partial charge in [0.1, 0.15) is 154 Å². The normalized spacial score (nSPS) is 11.6. The van der Waals surface area contributed by atoms with Gasteiger partial charge in [-0.2, -0.15) is 34.2 Å². The fraction of sp³-hybridized carbons (Fsp3) is 0.250. The summed E-state index contributed by atoms with van der Waals surface area (Å²) in [6, 6.07) is 55.1. The molecular formula is C100H90Cl5F3N18O16S4. The minimum Gasteiger partial charge on any atom is -0.492 e. The number of nitriles is 4. The maximum absolute atomic E-state index is 13.9. The van der Waals surface area contributed by atoms with Gasteiger partial charge in [0, 0.05) is 113 Å². The Morgan fingerprint density at radius 2 is 0.678 bits per heavy atom. The van der Waals surface area contributed by atoms with E-state index in [9.17, 15) is 67.9 Å². The second-order valence-electron chi connectivity index (χ2n) is 33.1. The third-order valence-corrected chi connectivity index (χ3v) is 24.9. The number of hydrogen-bond acceptors (Lipinski definition) is 30. The Balaban J connectivity index is 0.000000163. The van der Waals surface area contributed by atoms with Crippen molar-refractivity contribution in [1.29, 1.82) is 21.0 Å². The van der Waals surface area contributed by atoms with Gasteiger partial charge in [0.2, 0.25) is 0 Å². The molecule has 8 aromatic carbocycles. The van der Waals surface area contributed by atoms with E-state index in [4.69, 9.17) is 102 Å². The van der Waals surface area contributed by atoms with Gasteiger partial charge >= 0.3 is 6.18 Å². The van der Waals surface area contributed by atoms with Gasteiger partial charge in [-0.1, -0.05) is 78.8 Å². The van der Waals surface area contributed by atoms with Crippen molar-refractivity contribution >= 4 is 147 Å². The summed E-state index contributed by atoms with van der Waals surface area (Å²) in [6.07, 6.45) is 13.4. The summed E-state index contributed by atoms with van der Waals surface area (Å²) < 4.78 is 185. The molecule has 146 heavy (non-hydrogen) atoms. The van der Waals surface area contributed by atoms with Crippen LogP contribution in [0.1, 0.15) is 121 Å². The third kappa shape index (κ3) is 29.8. The molecule has 0 amide bonds. The van der Waals surface area contributed by atoms with E-state index >= 15 is 0 Å². The van der Waals surface area contributed by atoms with Crippen LogP contribution in [0.15, 0.2) is 207 Å². The number of fused-ring (bicyclic) bond motifs is 4. The molecule has 756 valence electrons. The molecule has 0 aliphatic heterocycles. The highest BCUT2D eigenvalue weighted by atomic mass is 35.5. The summed E-state index contributed by atoms with van der Waals surface area (Å²) in [5.74, 6) is 2.96. The lowest BCUT2D eigenvalue weighted by Crippen LogP contribution is -2.19. The molecule has 46 heteroatoms. The first-order valence-electron chi connectivity index (χ1n) is 44.2. The standard InChI is InChI=1S/C26H23F3N4O4S.C25H21Cl3N4O4S.C25H24ClN5O4S.C24H22ClN5O4S/c1-3-10-36-25-18(14-30)11-20(13-22(25)26(27,28)29)33-9-7-17-12-21(4-5-23(17)33)37-15-19-6-8-31-24(32-19)16-38(2,34)35;1-25(27,28)15-36-24-17(12-29)9-19(11-21(24)26)32-8-6-16-10-20(3-4-22(16)32)35-13-18-5-7-30-23(31-18)14-37(2,33)34;1-3-8-34-25-17(13-27)9-19(12-21(25)26)31-7-6-16-10-20(4-5-22(16)31)35-14-18-11-23(28)30-24(29-18)15-36(2,32)33;1-3-8-33-24-17(12-26)9-18(11-20(24)25)30-7-6-16-10-19(4-5-21(16)30)34-13-22-27-15-28-23(29-22)14-35(2,31)32/h4-9,11-13H,3,10,15-16H2,1-2H3;3-11H,13-15H2,1-2H3;4-7,9-12H,3,8,14-15H2,1-2H3,(H2,28,29,30);4-7,9-11,15H,3,8,13-14H2,1-2H3. The topological polar surface area (TPSA) is 467 Å². The van der Waals surface area contributed by atoms with Gasteiger partial charge in [-0.05, 0) is 184 Å². The SMILES string of the molecule is CC(Cl)(Cl)COc1c(Cl)cc(-n2ccc3cc(OCc4ccnc(CS(C)(=O)=O)n4)ccc32)cc1C#N.CCCOc1c(C#N)cc(-n2ccc3cc(OCc4ccnc(CS(C)(=O)=O)n4)ccc32)cc1C(F)(F)F.CCCOc1c(Cl)cc(-n2ccc3cc(OCc4cc(N)nc(CS(C)(=O)=O)n4)ccc32)cc1C#N.CCCOc1c(Cl)cc(-n2ccc3cc(OCc4ncnc(CS(C)(=O)=O)n4)ccc32)cc1C#N. The molecule has 34 nitrogen and oxygen atoms in total. The van der Waals surface area contributed by atoms with Crippen LogP contribution in [0.4, 0.5) is 19.0 Å². The van der Waals surface area contributed by atoms with Crippen LogP contribution in [0.5, 0.6) is 46.0 Å². The van der Waals surface area contributed by atoms with E-state index in [2.05, 4.69) is 63.1 Å². The number of nitrogen functional groups attached to an aromatic ring is 1. The van der Waals surface area contributed by atoms with E-state index in [1.54, 1.807) is 103 Å². The van der Waals surface area contributed by atoms with Crippen molar-refractivity contribution in [3.63, 3.8) is 0 Å². The molecule has 16 aromatic rings. The Morgan fingerprint density at radius 3 is 1.03 bits per heavy atom. The van der Waals surface area contributed by atoms with Crippen LogP contribution < -0.4 is 43.6 Å². The molecular weight excluding hydrogens is 2070 g/mol. The van der Waals surface area contributed by atoms with Gasteiger partial charge in [0.25, 0.3) is 0 Å². The Kier molecular flexibility index (Phi) is 35.3. The molecule has 0 bridgehead atoms. The highest BCUT2D eigenvalue weighted by Gasteiger charge is 2.37. The zero-order valence-electron chi connectivity index (χ0n) is 79.1. The second kappa shape index (κ2) is 47.5. The molecule has 0 saturated heterocycles. The number of nitrogens with two attached hydrogens (primary N) is 1. The quantitative estimate of drug-likeness (QED) is 0.0356. The molecule has 0 atom stereocenters. The summed E-state index contributed by atoms with van der Waals surface area (Å²) in [4.78, 5) is 36.7. The van der Waals surface area contributed by atoms with Crippen LogP contribution in [0, 0.1) is 45.3 Å². The van der Waals surface area contributed by atoms with E-state index in [0.29, 0.717) is 115 Å². The van der Waals surface area contributed by atoms with E-state index in [-0.39, 0.29) is 119 Å². The number of ether oxygens (including phenoxy) is 8. The van der Waals surface area contributed by atoms with Gasteiger partial charge in [-0.15, -0.1) is 0 Å². The predicted molar refractivity (Wildman–Crippen MR) is 547 cm³/mol. The molecule has 0 unspecified atom stereocenters. The molecule has 0 saturated carbocycles. The number of hydrogen-bond donors (Lipinski definition) is 1. The van der Waals surface area contributed by atoms with Crippen LogP contribution in [0.2, 0.25) is 15.1 Å². The first kappa shape index (κ1) is 109. The number of sulfone groups is 4. The number of anilines is 1. The molecule has 8 heterocycles. The van der Waals surface area contributed by atoms with Crippen molar-refractivity contribution in [3.8, 4) is 93.0 Å². The van der Waals surface area contributed by atoms with Crippen molar-refractivity contribution in [2.45, 2.75) is 107 Å². The highest BCUT2D eigenvalue weighted by molar-refractivity contribution is 7.90. The number of nitrogens with zero attached hydrogens (tertiary/aromatic N) is 17. The minimum absolute atomic E-state index is 0.0346. The monoisotopic (exact) mass is 2160 g/mol. The Labute approximate surface area is 862 Å². The van der Waals surface area contributed by atoms with Gasteiger partial charge in [0.05, 0.1) is 96.3 Å². The van der Waals surface area contributed by atoms with Gasteiger partial charge < -0.3 is 61.9 Å². The number of aromatic nitrogens is 13. The summed E-state index contributed by atoms with van der Waals surface area (Å²) >= 11 is 31.3. The smallest absolute Gasteiger partial charge is 0.420 e. The Morgan fingerprint density at radius 1 is 0.363 bits per heavy atom. The molecule has 0 aliphatic carbocycles. The van der Waals surface area contributed by atoms with Crippen LogP contribution in [0.3, 0.4) is 0 Å². The number of halogens is 8. The maximum atomic E-state index is 13.9. The van der Waals surface area contributed by atoms with Crippen molar-refractivity contribution in [3.05, 3.63) is 296 Å². The highest BCUT2D eigenvalue weighted by Crippen LogP contribution is 2.43. The summed E-state index contributed by atoms with van der Waals surface area (Å²) in [5.41, 5.74) is 12.7. The minimum atomic E-state index is -4.71. The lowest BCUT2D eigenvalue weighted by Gasteiger charge is -2.17. The number of rotatable bonds is 36. The second-order valence-corrected chi connectivity index (χ2v) is 44.8. The van der Waals surface area contributed by atoms with Gasteiger partial charge in [-0.3, -0.25) is 0 Å². The Hall–Kier alpha value is -14.6. The molecule has 16 rings (SSSR count). The third-order valence-electron chi connectivity index (χ3n) is 20.7. The van der Waals surface area contributed by atoms with E-state index in [1.807, 2.05) is 125 Å². The average molecular weight is 2160 g/mol. The van der Waals surface area contributed by atoms with Crippen LogP contribution in [-0.2, 0) is 95.0 Å². The van der Waals surface area contributed by atoms with Crippen molar-refractivity contribution in [2.75, 3.05) is 57.2 Å². The average Bonchev–Trinajstić information content (AvgIpc) is 1.61. The molecule has 0 radical (unpaired) electrons. The van der Waals surface area contributed by atoms with Crippen molar-refractivity contribution < 1.29 is 84.7 Å².